The topological polar surface area (TPSA) is 41.0 Å². The molecule has 1 atom stereocenters. The van der Waals surface area contributed by atoms with E-state index in [1.165, 1.54) is 17.7 Å². The van der Waals surface area contributed by atoms with E-state index < -0.39 is 0 Å². The number of amides is 1. The predicted octanol–water partition coefficient (Wildman–Crippen LogP) is 4.42. The van der Waals surface area contributed by atoms with Crippen LogP contribution in [0.1, 0.15) is 40.4 Å². The lowest BCUT2D eigenvalue weighted by atomic mass is 10.1. The van der Waals surface area contributed by atoms with Crippen molar-refractivity contribution < 1.29 is 13.9 Å². The van der Waals surface area contributed by atoms with Crippen LogP contribution in [0.4, 0.5) is 10.1 Å². The van der Waals surface area contributed by atoms with E-state index in [2.05, 4.69) is 32.7 Å². The highest BCUT2D eigenvalue weighted by molar-refractivity contribution is 5.96. The fraction of sp³-hybridized carbons (Fsp3) is 0.414. The summed E-state index contributed by atoms with van der Waals surface area (Å²) >= 11 is 0. The van der Waals surface area contributed by atoms with E-state index in [9.17, 15) is 9.18 Å². The molecule has 1 unspecified atom stereocenters. The predicted molar refractivity (Wildman–Crippen MR) is 140 cm³/mol. The largest absolute Gasteiger partial charge is 0.377 e. The lowest BCUT2D eigenvalue weighted by Gasteiger charge is -2.36. The lowest BCUT2D eigenvalue weighted by molar-refractivity contribution is 0.0697. The van der Waals surface area contributed by atoms with Crippen molar-refractivity contribution in [1.29, 1.82) is 0 Å². The van der Waals surface area contributed by atoms with Crippen LogP contribution in [0.5, 0.6) is 0 Å². The molecule has 1 amide bonds. The number of rotatable bonds is 8. The minimum absolute atomic E-state index is 0.0643. The summed E-state index contributed by atoms with van der Waals surface area (Å²) in [5.74, 6) is -0.0883. The third-order valence-electron chi connectivity index (χ3n) is 7.40. The van der Waals surface area contributed by atoms with E-state index in [1.807, 2.05) is 41.4 Å². The van der Waals surface area contributed by atoms with Gasteiger partial charge in [-0.3, -0.25) is 9.69 Å². The number of carbonyl (C=O) groups excluding carboxylic acids is 1. The number of hydrogen-bond donors (Lipinski definition) is 0. The van der Waals surface area contributed by atoms with Gasteiger partial charge in [0, 0.05) is 76.6 Å². The summed E-state index contributed by atoms with van der Waals surface area (Å²) in [6, 6.07) is 17.1. The van der Waals surface area contributed by atoms with Crippen LogP contribution in [-0.4, -0.2) is 73.2 Å². The van der Waals surface area contributed by atoms with Crippen LogP contribution in [0, 0.1) is 5.82 Å². The van der Waals surface area contributed by atoms with Crippen LogP contribution in [0.3, 0.4) is 0 Å². The van der Waals surface area contributed by atoms with Gasteiger partial charge in [0.05, 0.1) is 11.7 Å². The minimum atomic E-state index is -0.197. The van der Waals surface area contributed by atoms with Gasteiger partial charge in [0.1, 0.15) is 5.82 Å². The Balaban J connectivity index is 1.16. The van der Waals surface area contributed by atoms with Crippen molar-refractivity contribution in [3.05, 3.63) is 89.5 Å². The molecule has 1 aromatic heterocycles. The van der Waals surface area contributed by atoms with E-state index in [4.69, 9.17) is 4.74 Å². The van der Waals surface area contributed by atoms with E-state index >= 15 is 0 Å². The Labute approximate surface area is 212 Å². The SMILES string of the molecule is COC1CCN(CCCN2CCN(c3ccc(F)cc3)CC2)C(=O)c2cn(Cc3ccccc3)cc21. The number of aromatic nitrogens is 1. The van der Waals surface area contributed by atoms with Gasteiger partial charge in [-0.1, -0.05) is 30.3 Å². The molecule has 1 saturated heterocycles. The molecule has 36 heavy (non-hydrogen) atoms. The third-order valence-corrected chi connectivity index (χ3v) is 7.40. The van der Waals surface area contributed by atoms with Gasteiger partial charge in [-0.15, -0.1) is 0 Å². The van der Waals surface area contributed by atoms with Crippen LogP contribution in [0.2, 0.25) is 0 Å². The number of methoxy groups -OCH3 is 1. The Kier molecular flexibility index (Phi) is 7.68. The van der Waals surface area contributed by atoms with Gasteiger partial charge in [0.2, 0.25) is 0 Å². The summed E-state index contributed by atoms with van der Waals surface area (Å²) in [4.78, 5) is 20.2. The first-order chi connectivity index (χ1) is 17.6. The Morgan fingerprint density at radius 1 is 0.917 bits per heavy atom. The summed E-state index contributed by atoms with van der Waals surface area (Å²) in [6.45, 7) is 6.98. The number of halogens is 1. The lowest BCUT2D eigenvalue weighted by Crippen LogP contribution is -2.47. The van der Waals surface area contributed by atoms with E-state index in [1.54, 1.807) is 7.11 Å². The number of benzene rings is 2. The number of nitrogens with zero attached hydrogens (tertiary/aromatic N) is 4. The highest BCUT2D eigenvalue weighted by Gasteiger charge is 2.30. The maximum Gasteiger partial charge on any atom is 0.255 e. The molecule has 5 rings (SSSR count). The van der Waals surface area contributed by atoms with E-state index in [0.717, 1.165) is 75.5 Å². The summed E-state index contributed by atoms with van der Waals surface area (Å²) in [7, 11) is 1.73. The first-order valence-corrected chi connectivity index (χ1v) is 12.9. The standard InChI is InChI=1S/C29H35FN4O2/c1-36-28-12-15-34(29(35)27-22-32(21-26(27)28)20-23-6-3-2-4-7-23)14-5-13-31-16-18-33(19-17-31)25-10-8-24(30)9-11-25/h2-4,6-11,21-22,28H,5,12-20H2,1H3. The van der Waals surface area contributed by atoms with E-state index in [0.29, 0.717) is 6.54 Å². The molecule has 0 N–H and O–H groups in total. The Morgan fingerprint density at radius 2 is 1.67 bits per heavy atom. The molecule has 3 heterocycles. The van der Waals surface area contributed by atoms with E-state index in [-0.39, 0.29) is 17.8 Å². The van der Waals surface area contributed by atoms with Crippen molar-refractivity contribution in [1.82, 2.24) is 14.4 Å². The van der Waals surface area contributed by atoms with Crippen LogP contribution >= 0.6 is 0 Å². The molecular formula is C29H35FN4O2. The maximum atomic E-state index is 13.5. The average Bonchev–Trinajstić information content (AvgIpc) is 3.27. The fourth-order valence-electron chi connectivity index (χ4n) is 5.37. The van der Waals surface area contributed by atoms with Gasteiger partial charge < -0.3 is 19.1 Å². The van der Waals surface area contributed by atoms with Crippen molar-refractivity contribution in [3.8, 4) is 0 Å². The molecule has 2 aliphatic heterocycles. The monoisotopic (exact) mass is 490 g/mol. The van der Waals surface area contributed by atoms with Crippen molar-refractivity contribution in [2.24, 2.45) is 0 Å². The molecule has 0 spiro atoms. The number of carbonyl (C=O) groups is 1. The van der Waals surface area contributed by atoms with Crippen molar-refractivity contribution in [2.45, 2.75) is 25.5 Å². The maximum absolute atomic E-state index is 13.5. The molecule has 0 aliphatic carbocycles. The number of hydrogen-bond acceptors (Lipinski definition) is 4. The summed E-state index contributed by atoms with van der Waals surface area (Å²) < 4.78 is 21.1. The molecular weight excluding hydrogens is 455 g/mol. The van der Waals surface area contributed by atoms with Crippen molar-refractivity contribution in [3.63, 3.8) is 0 Å². The summed E-state index contributed by atoms with van der Waals surface area (Å²) in [6.07, 6.45) is 5.76. The fourth-order valence-corrected chi connectivity index (χ4v) is 5.37. The molecule has 190 valence electrons. The number of anilines is 1. The average molecular weight is 491 g/mol. The van der Waals surface area contributed by atoms with Gasteiger partial charge in [-0.2, -0.15) is 0 Å². The quantitative estimate of drug-likeness (QED) is 0.469. The second-order valence-corrected chi connectivity index (χ2v) is 9.75. The molecule has 2 aliphatic rings. The van der Waals surface area contributed by atoms with Gasteiger partial charge >= 0.3 is 0 Å². The molecule has 6 nitrogen and oxygen atoms in total. The highest BCUT2D eigenvalue weighted by atomic mass is 19.1. The van der Waals surface area contributed by atoms with Crippen molar-refractivity contribution >= 4 is 11.6 Å². The van der Waals surface area contributed by atoms with Crippen LogP contribution in [0.25, 0.3) is 0 Å². The Morgan fingerprint density at radius 3 is 2.39 bits per heavy atom. The molecule has 0 bridgehead atoms. The number of fused-ring (bicyclic) bond motifs is 1. The second-order valence-electron chi connectivity index (χ2n) is 9.75. The number of piperazine rings is 1. The highest BCUT2D eigenvalue weighted by Crippen LogP contribution is 2.30. The molecule has 3 aromatic rings. The zero-order valence-electron chi connectivity index (χ0n) is 21.0. The van der Waals surface area contributed by atoms with Crippen LogP contribution < -0.4 is 4.90 Å². The summed E-state index contributed by atoms with van der Waals surface area (Å²) in [5, 5.41) is 0. The van der Waals surface area contributed by atoms with Crippen molar-refractivity contribution in [2.75, 3.05) is 57.8 Å². The van der Waals surface area contributed by atoms with Gasteiger partial charge in [0.15, 0.2) is 0 Å². The molecule has 2 aromatic carbocycles. The molecule has 0 radical (unpaired) electrons. The molecule has 7 heteroatoms. The molecule has 1 fully saturated rings. The van der Waals surface area contributed by atoms with Gasteiger partial charge in [0.25, 0.3) is 5.91 Å². The zero-order valence-corrected chi connectivity index (χ0v) is 21.0. The third kappa shape index (κ3) is 5.63. The Hall–Kier alpha value is -3.16. The van der Waals surface area contributed by atoms with Crippen LogP contribution in [0.15, 0.2) is 67.0 Å². The first kappa shape index (κ1) is 24.5. The number of ether oxygens (including phenoxy) is 1. The Bertz CT molecular complexity index is 1140. The van der Waals surface area contributed by atoms with Crippen LogP contribution in [-0.2, 0) is 11.3 Å². The van der Waals surface area contributed by atoms with Gasteiger partial charge in [-0.25, -0.2) is 4.39 Å². The normalized spacial score (nSPS) is 18.8. The minimum Gasteiger partial charge on any atom is -0.377 e. The second kappa shape index (κ2) is 11.3. The summed E-state index contributed by atoms with van der Waals surface area (Å²) in [5.41, 5.74) is 4.05. The first-order valence-electron chi connectivity index (χ1n) is 12.9. The molecule has 0 saturated carbocycles. The zero-order chi connectivity index (χ0) is 24.9. The smallest absolute Gasteiger partial charge is 0.255 e. The van der Waals surface area contributed by atoms with Gasteiger partial charge in [-0.05, 0) is 49.2 Å².